The summed E-state index contributed by atoms with van der Waals surface area (Å²) in [6, 6.07) is 0. The molecule has 0 bridgehead atoms. The topological polar surface area (TPSA) is 63.2 Å². The van der Waals surface area contributed by atoms with Crippen LogP contribution in [0.1, 0.15) is 26.7 Å². The van der Waals surface area contributed by atoms with E-state index in [9.17, 15) is 14.4 Å². The van der Waals surface area contributed by atoms with Crippen molar-refractivity contribution in [3.05, 3.63) is 0 Å². The van der Waals surface area contributed by atoms with E-state index in [1.165, 1.54) is 0 Å². The van der Waals surface area contributed by atoms with E-state index in [1.807, 2.05) is 0 Å². The fourth-order valence-corrected chi connectivity index (χ4v) is 0.810. The first kappa shape index (κ1) is 13.2. The average Bonchev–Trinajstić information content (AvgIpc) is 2.10. The Morgan fingerprint density at radius 2 is 1.79 bits per heavy atom. The first-order valence-electron chi connectivity index (χ1n) is 4.44. The largest absolute Gasteiger partial charge is 0.349 e. The lowest BCUT2D eigenvalue weighted by atomic mass is 10.1. The number of carbonyl (C=O) groups is 3. The van der Waals surface area contributed by atoms with Crippen LogP contribution in [0, 0.1) is 5.92 Å². The van der Waals surface area contributed by atoms with Crippen molar-refractivity contribution in [3.8, 4) is 0 Å². The molecule has 14 heavy (non-hydrogen) atoms. The number of thiol groups is 1. The summed E-state index contributed by atoms with van der Waals surface area (Å²) in [5.74, 6) is -0.390. The van der Waals surface area contributed by atoms with E-state index in [0.717, 1.165) is 0 Å². The van der Waals surface area contributed by atoms with Crippen molar-refractivity contribution in [2.24, 2.45) is 5.92 Å². The molecule has 0 heterocycles. The number of ketones is 1. The number of amides is 1. The fourth-order valence-electron chi connectivity index (χ4n) is 0.699. The van der Waals surface area contributed by atoms with Crippen LogP contribution >= 0.6 is 12.6 Å². The van der Waals surface area contributed by atoms with Crippen LogP contribution in [0.25, 0.3) is 0 Å². The number of rotatable bonds is 6. The Morgan fingerprint density at radius 1 is 1.21 bits per heavy atom. The molecule has 0 aliphatic heterocycles. The minimum atomic E-state index is -0.324. The molecule has 80 valence electrons. The van der Waals surface area contributed by atoms with E-state index in [2.05, 4.69) is 17.9 Å². The fraction of sp³-hybridized carbons (Fsp3) is 0.667. The third-order valence-electron chi connectivity index (χ3n) is 1.67. The van der Waals surface area contributed by atoms with Gasteiger partial charge in [-0.15, -0.1) is 12.6 Å². The molecule has 0 aliphatic carbocycles. The van der Waals surface area contributed by atoms with E-state index >= 15 is 0 Å². The van der Waals surface area contributed by atoms with Gasteiger partial charge >= 0.3 is 0 Å². The smallest absolute Gasteiger partial charge is 0.220 e. The number of carbonyl (C=O) groups excluding carboxylic acids is 3. The van der Waals surface area contributed by atoms with Gasteiger partial charge in [-0.1, -0.05) is 13.8 Å². The van der Waals surface area contributed by atoms with E-state index in [0.29, 0.717) is 0 Å². The molecular formula is C9H15NO3S. The number of Topliss-reactive ketones (excluding diaryl/α,β-unsaturated/α-hetero) is 1. The highest BCUT2D eigenvalue weighted by Crippen LogP contribution is 1.95. The zero-order chi connectivity index (χ0) is 11.1. The second-order valence-electron chi connectivity index (χ2n) is 3.29. The molecule has 0 aromatic rings. The highest BCUT2D eigenvalue weighted by molar-refractivity contribution is 7.96. The highest BCUT2D eigenvalue weighted by atomic mass is 32.1. The summed E-state index contributed by atoms with van der Waals surface area (Å²) in [5.41, 5.74) is 0. The Labute approximate surface area is 88.8 Å². The zero-order valence-corrected chi connectivity index (χ0v) is 9.27. The Kier molecular flexibility index (Phi) is 6.19. The lowest BCUT2D eigenvalue weighted by molar-refractivity contribution is -0.127. The number of hydrogen-bond donors (Lipinski definition) is 2. The predicted octanol–water partition coefficient (Wildman–Crippen LogP) is 0.564. The number of hydrogen-bond acceptors (Lipinski definition) is 3. The molecule has 0 atom stereocenters. The molecule has 0 saturated carbocycles. The summed E-state index contributed by atoms with van der Waals surface area (Å²) >= 11 is 3.53. The molecule has 0 radical (unpaired) electrons. The maximum absolute atomic E-state index is 11.1. The van der Waals surface area contributed by atoms with Gasteiger partial charge in [-0.25, -0.2) is 0 Å². The normalized spacial score (nSPS) is 10.0. The molecule has 0 unspecified atom stereocenters. The van der Waals surface area contributed by atoms with Gasteiger partial charge < -0.3 is 5.32 Å². The maximum atomic E-state index is 11.1. The van der Waals surface area contributed by atoms with E-state index in [-0.39, 0.29) is 42.1 Å². The van der Waals surface area contributed by atoms with Crippen LogP contribution in [-0.4, -0.2) is 23.4 Å². The van der Waals surface area contributed by atoms with Crippen molar-refractivity contribution in [2.75, 3.05) is 6.54 Å². The van der Waals surface area contributed by atoms with Gasteiger partial charge in [0.25, 0.3) is 0 Å². The van der Waals surface area contributed by atoms with Crippen LogP contribution in [0.4, 0.5) is 0 Å². The van der Waals surface area contributed by atoms with Gasteiger partial charge in [-0.2, -0.15) is 0 Å². The summed E-state index contributed by atoms with van der Waals surface area (Å²) in [4.78, 5) is 32.5. The SMILES string of the molecule is CC(C)C(=O)CNC(=O)CCC(=O)S. The molecule has 4 nitrogen and oxygen atoms in total. The van der Waals surface area contributed by atoms with Gasteiger partial charge in [0.2, 0.25) is 5.91 Å². The quantitative estimate of drug-likeness (QED) is 0.639. The third kappa shape index (κ3) is 6.65. The van der Waals surface area contributed by atoms with Crippen LogP contribution in [0.2, 0.25) is 0 Å². The van der Waals surface area contributed by atoms with Gasteiger partial charge in [0.15, 0.2) is 10.9 Å². The van der Waals surface area contributed by atoms with Crippen LogP contribution in [-0.2, 0) is 14.4 Å². The molecule has 0 rings (SSSR count). The van der Waals surface area contributed by atoms with Gasteiger partial charge in [0.1, 0.15) is 0 Å². The average molecular weight is 217 g/mol. The van der Waals surface area contributed by atoms with Crippen molar-refractivity contribution >= 4 is 29.4 Å². The van der Waals surface area contributed by atoms with Gasteiger partial charge in [0.05, 0.1) is 6.54 Å². The van der Waals surface area contributed by atoms with Crippen LogP contribution in [0.3, 0.4) is 0 Å². The highest BCUT2D eigenvalue weighted by Gasteiger charge is 2.09. The van der Waals surface area contributed by atoms with E-state index in [1.54, 1.807) is 13.8 Å². The molecule has 0 aromatic heterocycles. The molecule has 0 saturated heterocycles. The minimum absolute atomic E-state index is 0.0180. The molecule has 1 amide bonds. The van der Waals surface area contributed by atoms with E-state index in [4.69, 9.17) is 0 Å². The summed E-state index contributed by atoms with van der Waals surface area (Å²) in [6.45, 7) is 3.58. The second kappa shape index (κ2) is 6.59. The molecule has 0 aliphatic rings. The molecule has 5 heteroatoms. The van der Waals surface area contributed by atoms with Crippen LogP contribution < -0.4 is 5.32 Å². The summed E-state index contributed by atoms with van der Waals surface area (Å²) in [5, 5.41) is 2.12. The van der Waals surface area contributed by atoms with Crippen molar-refractivity contribution in [1.82, 2.24) is 5.32 Å². The predicted molar refractivity (Wildman–Crippen MR) is 56.1 cm³/mol. The Hall–Kier alpha value is -0.840. The van der Waals surface area contributed by atoms with Gasteiger partial charge in [-0.05, 0) is 0 Å². The number of nitrogens with one attached hydrogen (secondary N) is 1. The Balaban J connectivity index is 3.64. The summed E-state index contributed by atoms with van der Waals surface area (Å²) in [7, 11) is 0. The standard InChI is InChI=1S/C9H15NO3S/c1-6(2)7(11)5-10-8(12)3-4-9(13)14/h6H,3-5H2,1-2H3,(H,10,12)(H,13,14). The monoisotopic (exact) mass is 217 g/mol. The minimum Gasteiger partial charge on any atom is -0.349 e. The molecule has 0 aromatic carbocycles. The van der Waals surface area contributed by atoms with E-state index < -0.39 is 0 Å². The van der Waals surface area contributed by atoms with Gasteiger partial charge in [-0.3, -0.25) is 14.4 Å². The molecule has 0 fully saturated rings. The lowest BCUT2D eigenvalue weighted by Gasteiger charge is -2.05. The summed E-state index contributed by atoms with van der Waals surface area (Å²) in [6.07, 6.45) is 0.193. The maximum Gasteiger partial charge on any atom is 0.220 e. The summed E-state index contributed by atoms with van der Waals surface area (Å²) < 4.78 is 0. The molecule has 0 spiro atoms. The van der Waals surface area contributed by atoms with Crippen molar-refractivity contribution in [3.63, 3.8) is 0 Å². The Bertz CT molecular complexity index is 238. The van der Waals surface area contributed by atoms with Crippen LogP contribution in [0.5, 0.6) is 0 Å². The van der Waals surface area contributed by atoms with Crippen molar-refractivity contribution < 1.29 is 14.4 Å². The van der Waals surface area contributed by atoms with Crippen molar-refractivity contribution in [1.29, 1.82) is 0 Å². The first-order valence-corrected chi connectivity index (χ1v) is 4.89. The molecule has 1 N–H and O–H groups in total. The second-order valence-corrected chi connectivity index (χ2v) is 3.79. The first-order chi connectivity index (χ1) is 6.43. The van der Waals surface area contributed by atoms with Gasteiger partial charge in [0, 0.05) is 18.8 Å². The van der Waals surface area contributed by atoms with Crippen LogP contribution in [0.15, 0.2) is 0 Å². The molecular weight excluding hydrogens is 202 g/mol. The van der Waals surface area contributed by atoms with Crippen molar-refractivity contribution in [2.45, 2.75) is 26.7 Å². The lowest BCUT2D eigenvalue weighted by Crippen LogP contribution is -2.31. The third-order valence-corrected chi connectivity index (χ3v) is 1.89. The Morgan fingerprint density at radius 3 is 2.21 bits per heavy atom. The zero-order valence-electron chi connectivity index (χ0n) is 8.37.